The number of ketones is 2. The maximum absolute atomic E-state index is 14.2. The van der Waals surface area contributed by atoms with E-state index in [0.29, 0.717) is 36.9 Å². The normalized spacial score (nSPS) is 45.0. The van der Waals surface area contributed by atoms with Crippen LogP contribution in [-0.2, 0) is 47.1 Å². The van der Waals surface area contributed by atoms with Crippen molar-refractivity contribution in [1.82, 2.24) is 0 Å². The topological polar surface area (TPSA) is 71.4 Å². The smallest absolute Gasteiger partial charge is 0.167 e. The van der Waals surface area contributed by atoms with Crippen LogP contribution in [0.25, 0.3) is 0 Å². The third kappa shape index (κ3) is 4.56. The molecule has 29 heavy (non-hydrogen) atoms. The van der Waals surface area contributed by atoms with Gasteiger partial charge >= 0.3 is 0 Å². The van der Waals surface area contributed by atoms with Crippen LogP contribution < -0.4 is 0 Å². The molecule has 4 rings (SSSR count). The Kier molecular flexibility index (Phi) is 9.67. The molecule has 0 saturated heterocycles. The van der Waals surface area contributed by atoms with Crippen LogP contribution in [0.15, 0.2) is 0 Å². The second-order valence-electron chi connectivity index (χ2n) is 9.36. The van der Waals surface area contributed by atoms with Crippen molar-refractivity contribution < 1.29 is 56.6 Å². The zero-order valence-electron chi connectivity index (χ0n) is 18.2. The number of rotatable bonds is 0. The number of aliphatic hydroxyl groups excluding tert-OH is 1. The summed E-state index contributed by atoms with van der Waals surface area (Å²) in [6.45, 7) is 13.3. The summed E-state index contributed by atoms with van der Waals surface area (Å²) in [4.78, 5) is 33.1. The van der Waals surface area contributed by atoms with Gasteiger partial charge in [0.15, 0.2) is 12.0 Å². The van der Waals surface area contributed by atoms with Gasteiger partial charge in [0.05, 0.1) is 0 Å². The summed E-state index contributed by atoms with van der Waals surface area (Å²) in [6.07, 6.45) is 4.09. The Morgan fingerprint density at radius 1 is 1.03 bits per heavy atom. The molecule has 0 amide bonds. The van der Waals surface area contributed by atoms with Gasteiger partial charge in [-0.25, -0.2) is 4.39 Å². The van der Waals surface area contributed by atoms with Crippen molar-refractivity contribution in [3.8, 4) is 0 Å². The summed E-state index contributed by atoms with van der Waals surface area (Å²) >= 11 is 0. The number of hydrogen-bond donors (Lipinski definition) is 1. The third-order valence-corrected chi connectivity index (χ3v) is 8.48. The van der Waals surface area contributed by atoms with E-state index >= 15 is 0 Å². The van der Waals surface area contributed by atoms with Crippen LogP contribution in [0, 0.1) is 47.3 Å². The van der Waals surface area contributed by atoms with Crippen molar-refractivity contribution in [1.29, 1.82) is 0 Å². The van der Waals surface area contributed by atoms with Crippen LogP contribution in [0.5, 0.6) is 0 Å². The van der Waals surface area contributed by atoms with Crippen molar-refractivity contribution >= 4 is 18.0 Å². The van der Waals surface area contributed by atoms with Crippen LogP contribution >= 0.6 is 0 Å². The molecule has 0 aliphatic heterocycles. The molecule has 0 aromatic carbocycles. The van der Waals surface area contributed by atoms with Crippen LogP contribution in [0.3, 0.4) is 0 Å². The second-order valence-corrected chi connectivity index (χ2v) is 9.36. The first-order valence-electron chi connectivity index (χ1n) is 10.7. The summed E-state index contributed by atoms with van der Waals surface area (Å²) in [6, 6.07) is 0. The average Bonchev–Trinajstić information content (AvgIpc) is 2.95. The molecule has 6 heteroatoms. The molecule has 163 valence electrons. The van der Waals surface area contributed by atoms with E-state index in [-0.39, 0.29) is 73.5 Å². The summed E-state index contributed by atoms with van der Waals surface area (Å²) in [5.74, 6) is 1.35. The van der Waals surface area contributed by atoms with E-state index in [1.54, 1.807) is 0 Å². The van der Waals surface area contributed by atoms with Gasteiger partial charge in [-0.3, -0.25) is 9.59 Å². The average molecular weight is 483 g/mol. The molecule has 3 unspecified atom stereocenters. The van der Waals surface area contributed by atoms with Gasteiger partial charge in [-0.1, -0.05) is 52.4 Å². The van der Waals surface area contributed by atoms with E-state index < -0.39 is 6.17 Å². The van der Waals surface area contributed by atoms with Gasteiger partial charge in [0.2, 0.25) is 0 Å². The van der Waals surface area contributed by atoms with E-state index in [1.807, 2.05) is 13.8 Å². The van der Waals surface area contributed by atoms with Gasteiger partial charge in [-0.2, -0.15) is 5.92 Å². The van der Waals surface area contributed by atoms with Gasteiger partial charge in [0.1, 0.15) is 5.78 Å². The van der Waals surface area contributed by atoms with Gasteiger partial charge in [-0.15, -0.1) is 0 Å². The van der Waals surface area contributed by atoms with Gasteiger partial charge in [0, 0.05) is 51.5 Å². The summed E-state index contributed by atoms with van der Waals surface area (Å²) in [7, 11) is 0. The minimum Gasteiger partial charge on any atom is -0.665 e. The second kappa shape index (κ2) is 10.4. The molecule has 4 aliphatic carbocycles. The SMILES string of the molecule is CC.O=[C-]O.[CH2-][C@H]1CCC2C3C(=O)C[C@@H]4CC(=O)[C@H](F)C[C@]4(C)C3CC[C@@]21C.[Y]. The third-order valence-electron chi connectivity index (χ3n) is 8.48. The van der Waals surface area contributed by atoms with Gasteiger partial charge in [0.25, 0.3) is 0 Å². The van der Waals surface area contributed by atoms with Crippen LogP contribution in [0.2, 0.25) is 0 Å². The monoisotopic (exact) mass is 483 g/mol. The Balaban J connectivity index is 0.000000645. The van der Waals surface area contributed by atoms with Crippen molar-refractivity contribution in [3.05, 3.63) is 6.92 Å². The fraction of sp³-hybridized carbons (Fsp3) is 0.826. The zero-order valence-corrected chi connectivity index (χ0v) is 21.1. The predicted octanol–water partition coefficient (Wildman–Crippen LogP) is 4.81. The quantitative estimate of drug-likeness (QED) is 0.502. The summed E-state index contributed by atoms with van der Waals surface area (Å²) in [5, 5.41) is 6.76. The molecule has 4 aliphatic rings. The number of Topliss-reactive ketones (excluding diaryl/α,β-unsaturated/α-hetero) is 2. The Labute approximate surface area is 200 Å². The van der Waals surface area contributed by atoms with Gasteiger partial charge in [-0.05, 0) is 42.4 Å². The first-order chi connectivity index (χ1) is 13.2. The maximum atomic E-state index is 14.2. The number of halogens is 1. The number of hydrogen-bond acceptors (Lipinski definition) is 3. The number of fused-ring (bicyclic) bond motifs is 5. The van der Waals surface area contributed by atoms with Crippen molar-refractivity contribution in [2.24, 2.45) is 40.4 Å². The molecule has 0 bridgehead atoms. The Bertz CT molecular complexity index is 612. The molecular weight excluding hydrogens is 448 g/mol. The molecule has 4 nitrogen and oxygen atoms in total. The molecule has 0 aromatic rings. The molecule has 8 atom stereocenters. The predicted molar refractivity (Wildman–Crippen MR) is 106 cm³/mol. The number of carbonyl (C=O) groups is 2. The Hall–Kier alpha value is -0.156. The van der Waals surface area contributed by atoms with E-state index in [0.717, 1.165) is 25.7 Å². The molecule has 0 spiro atoms. The first kappa shape index (κ1) is 26.9. The minimum atomic E-state index is -1.32. The van der Waals surface area contributed by atoms with E-state index in [1.165, 1.54) is 0 Å². The first-order valence-corrected chi connectivity index (χ1v) is 10.7. The zero-order chi connectivity index (χ0) is 21.3. The molecule has 1 N–H and O–H groups in total. The molecule has 0 aromatic heterocycles. The van der Waals surface area contributed by atoms with Crippen LogP contribution in [0.4, 0.5) is 4.39 Å². The van der Waals surface area contributed by atoms with Crippen molar-refractivity contribution in [3.63, 3.8) is 0 Å². The van der Waals surface area contributed by atoms with Crippen molar-refractivity contribution in [2.75, 3.05) is 0 Å². The number of alkyl halides is 1. The maximum Gasteiger partial charge on any atom is 0.167 e. The summed E-state index contributed by atoms with van der Waals surface area (Å²) < 4.78 is 14.2. The Morgan fingerprint density at radius 3 is 2.14 bits per heavy atom. The Morgan fingerprint density at radius 2 is 1.55 bits per heavy atom. The van der Waals surface area contributed by atoms with E-state index in [9.17, 15) is 14.0 Å². The molecular formula is C23H35FO4Y-2. The van der Waals surface area contributed by atoms with Gasteiger partial charge < -0.3 is 16.8 Å². The fourth-order valence-corrected chi connectivity index (χ4v) is 6.85. The van der Waals surface area contributed by atoms with Crippen LogP contribution in [-0.4, -0.2) is 29.3 Å². The fourth-order valence-electron chi connectivity index (χ4n) is 6.85. The molecule has 0 heterocycles. The van der Waals surface area contributed by atoms with E-state index in [2.05, 4.69) is 20.8 Å². The van der Waals surface area contributed by atoms with Crippen molar-refractivity contribution in [2.45, 2.75) is 78.8 Å². The largest absolute Gasteiger partial charge is 0.665 e. The number of carbonyl (C=O) groups excluding carboxylic acids is 2. The summed E-state index contributed by atoms with van der Waals surface area (Å²) in [5.41, 5.74) is 0.00607. The standard InChI is InChI=1S/C20H28FO2.C2H6.CHO2.Y/c1-11-4-5-13-18-14(6-7-19(11,13)2)20(3)10-15(21)16(22)8-12(20)9-17(18)23;1-2;2-1-3;/h11-15,18H,1,4-10H2,2-3H3;1-2H3;(H,2,3);/q-1;;-1;/t11-,12-,13?,14?,15+,18?,19+,20-;;;/m0.../s1. The molecule has 4 saturated carbocycles. The van der Waals surface area contributed by atoms with E-state index in [4.69, 9.17) is 9.90 Å². The molecule has 4 fully saturated rings. The molecule has 1 radical (unpaired) electrons. The van der Waals surface area contributed by atoms with Crippen LogP contribution in [0.1, 0.15) is 72.6 Å². The minimum absolute atomic E-state index is 0.